The largest absolute Gasteiger partial charge is 0.489 e. The number of rotatable bonds is 6. The summed E-state index contributed by atoms with van der Waals surface area (Å²) in [6.07, 6.45) is -2.73. The molecule has 0 bridgehead atoms. The van der Waals surface area contributed by atoms with Gasteiger partial charge in [0, 0.05) is 11.8 Å². The lowest BCUT2D eigenvalue weighted by Crippen LogP contribution is -2.33. The average Bonchev–Trinajstić information content (AvgIpc) is 3.12. The van der Waals surface area contributed by atoms with E-state index in [0.717, 1.165) is 6.07 Å². The van der Waals surface area contributed by atoms with Gasteiger partial charge in [0.1, 0.15) is 29.6 Å². The Bertz CT molecular complexity index is 1770. The first-order valence-corrected chi connectivity index (χ1v) is 14.2. The van der Waals surface area contributed by atoms with Gasteiger partial charge in [-0.25, -0.2) is 14.4 Å². The second-order valence-electron chi connectivity index (χ2n) is 11.0. The summed E-state index contributed by atoms with van der Waals surface area (Å²) in [6.45, 7) is 3.42. The predicted molar refractivity (Wildman–Crippen MR) is 156 cm³/mol. The highest BCUT2D eigenvalue weighted by Crippen LogP contribution is 2.51. The number of nitrogens with zero attached hydrogens (tertiary/aromatic N) is 5. The number of alkyl halides is 3. The third-order valence-corrected chi connectivity index (χ3v) is 8.36. The maximum atomic E-state index is 16.7. The fraction of sp³-hybridized carbons (Fsp3) is 0.379. The Morgan fingerprint density at radius 2 is 1.98 bits per heavy atom. The summed E-state index contributed by atoms with van der Waals surface area (Å²) in [4.78, 5) is 18.8. The first kappa shape index (κ1) is 29.9. The van der Waals surface area contributed by atoms with Crippen LogP contribution in [0.2, 0.25) is 5.02 Å². The molecule has 4 heterocycles. The number of ether oxygens (including phenoxy) is 2. The zero-order chi connectivity index (χ0) is 31.5. The van der Waals surface area contributed by atoms with E-state index in [1.165, 1.54) is 6.92 Å². The number of anilines is 3. The molecule has 0 unspecified atom stereocenters. The molecule has 1 aliphatic carbocycles. The highest BCUT2D eigenvalue weighted by molar-refractivity contribution is 6.36. The van der Waals surface area contributed by atoms with Crippen molar-refractivity contribution >= 4 is 40.0 Å². The molecule has 1 aromatic carbocycles. The Kier molecular flexibility index (Phi) is 7.52. The molecular formula is C29H28ClF4N7O3. The molecule has 15 heteroatoms. The van der Waals surface area contributed by atoms with Crippen LogP contribution in [0.3, 0.4) is 0 Å². The SMILES string of the molecule is Cc1cc(N)nc(-c2c(Cl)c3c4c(nc(OCC5CC(O)C5)nc4c2F)N([C@@H](C)c2cccnc2N)CCO3)c1C(F)(F)F. The number of benzene rings is 1. The molecule has 0 radical (unpaired) electrons. The number of hydrogen-bond acceptors (Lipinski definition) is 10. The van der Waals surface area contributed by atoms with Gasteiger partial charge in [-0.2, -0.15) is 23.1 Å². The van der Waals surface area contributed by atoms with Gasteiger partial charge in [-0.15, -0.1) is 0 Å². The number of aryl methyl sites for hydroxylation is 1. The van der Waals surface area contributed by atoms with Crippen molar-refractivity contribution in [1.29, 1.82) is 0 Å². The molecule has 0 amide bonds. The van der Waals surface area contributed by atoms with Crippen molar-refractivity contribution in [2.45, 2.75) is 45.0 Å². The van der Waals surface area contributed by atoms with Crippen LogP contribution < -0.4 is 25.8 Å². The minimum absolute atomic E-state index is 0.00637. The topological polar surface area (TPSA) is 146 Å². The van der Waals surface area contributed by atoms with E-state index in [4.69, 9.17) is 32.5 Å². The van der Waals surface area contributed by atoms with E-state index in [2.05, 4.69) is 19.9 Å². The summed E-state index contributed by atoms with van der Waals surface area (Å²) in [7, 11) is 0. The minimum atomic E-state index is -4.91. The van der Waals surface area contributed by atoms with Crippen LogP contribution in [0.1, 0.15) is 42.5 Å². The Morgan fingerprint density at radius 1 is 1.23 bits per heavy atom. The van der Waals surface area contributed by atoms with E-state index in [0.29, 0.717) is 18.4 Å². The van der Waals surface area contributed by atoms with Gasteiger partial charge in [-0.1, -0.05) is 17.7 Å². The van der Waals surface area contributed by atoms with E-state index < -0.39 is 46.0 Å². The lowest BCUT2D eigenvalue weighted by Gasteiger charge is -2.31. The van der Waals surface area contributed by atoms with Gasteiger partial charge >= 0.3 is 12.2 Å². The van der Waals surface area contributed by atoms with Crippen molar-refractivity contribution in [1.82, 2.24) is 19.9 Å². The molecule has 1 atom stereocenters. The van der Waals surface area contributed by atoms with E-state index in [1.807, 2.05) is 6.92 Å². The van der Waals surface area contributed by atoms with Crippen molar-refractivity contribution in [2.24, 2.45) is 5.92 Å². The molecule has 4 aromatic rings. The van der Waals surface area contributed by atoms with E-state index in [1.54, 1.807) is 23.2 Å². The molecule has 5 N–H and O–H groups in total. The van der Waals surface area contributed by atoms with Crippen LogP contribution in [-0.4, -0.2) is 50.9 Å². The van der Waals surface area contributed by atoms with Gasteiger partial charge in [-0.05, 0) is 50.3 Å². The summed E-state index contributed by atoms with van der Waals surface area (Å²) in [5, 5.41) is 9.29. The molecule has 44 heavy (non-hydrogen) atoms. The zero-order valence-corrected chi connectivity index (χ0v) is 24.4. The number of nitrogens with two attached hydrogens (primary N) is 2. The fourth-order valence-corrected chi connectivity index (χ4v) is 6.12. The van der Waals surface area contributed by atoms with Gasteiger partial charge in [0.15, 0.2) is 11.6 Å². The van der Waals surface area contributed by atoms with Crippen LogP contribution in [0.15, 0.2) is 24.4 Å². The Morgan fingerprint density at radius 3 is 2.66 bits per heavy atom. The van der Waals surface area contributed by atoms with Crippen molar-refractivity contribution in [3.8, 4) is 23.0 Å². The lowest BCUT2D eigenvalue weighted by atomic mass is 9.83. The van der Waals surface area contributed by atoms with Crippen LogP contribution in [-0.2, 0) is 6.18 Å². The molecule has 2 aliphatic rings. The lowest BCUT2D eigenvalue weighted by molar-refractivity contribution is -0.137. The quantitative estimate of drug-likeness (QED) is 0.233. The van der Waals surface area contributed by atoms with Crippen LogP contribution in [0.4, 0.5) is 35.0 Å². The number of aliphatic hydroxyl groups is 1. The van der Waals surface area contributed by atoms with Gasteiger partial charge in [0.2, 0.25) is 0 Å². The Hall–Kier alpha value is -4.17. The number of pyridine rings is 2. The summed E-state index contributed by atoms with van der Waals surface area (Å²) >= 11 is 6.71. The monoisotopic (exact) mass is 633 g/mol. The molecule has 0 saturated heterocycles. The van der Waals surface area contributed by atoms with Gasteiger partial charge in [0.05, 0.1) is 52.5 Å². The summed E-state index contributed by atoms with van der Waals surface area (Å²) in [5.41, 5.74) is 9.39. The van der Waals surface area contributed by atoms with E-state index in [9.17, 15) is 18.3 Å². The Labute approximate surface area is 254 Å². The van der Waals surface area contributed by atoms with Gasteiger partial charge in [-0.3, -0.25) is 0 Å². The molecule has 0 spiro atoms. The normalized spacial score (nSPS) is 18.9. The molecule has 6 rings (SSSR count). The molecule has 1 fully saturated rings. The molecule has 10 nitrogen and oxygen atoms in total. The van der Waals surface area contributed by atoms with Gasteiger partial charge in [0.25, 0.3) is 0 Å². The number of halogens is 5. The number of aromatic nitrogens is 4. The van der Waals surface area contributed by atoms with Crippen LogP contribution >= 0.6 is 11.6 Å². The maximum Gasteiger partial charge on any atom is 0.418 e. The van der Waals surface area contributed by atoms with Crippen LogP contribution in [0.25, 0.3) is 22.2 Å². The third kappa shape index (κ3) is 5.15. The molecule has 232 valence electrons. The van der Waals surface area contributed by atoms with Crippen LogP contribution in [0, 0.1) is 18.7 Å². The van der Waals surface area contributed by atoms with Crippen LogP contribution in [0.5, 0.6) is 11.8 Å². The molecular weight excluding hydrogens is 606 g/mol. The first-order chi connectivity index (χ1) is 20.8. The smallest absolute Gasteiger partial charge is 0.418 e. The van der Waals surface area contributed by atoms with E-state index in [-0.39, 0.29) is 71.4 Å². The fourth-order valence-electron chi connectivity index (χ4n) is 5.80. The summed E-state index contributed by atoms with van der Waals surface area (Å²) < 4.78 is 71.5. The van der Waals surface area contributed by atoms with Crippen molar-refractivity contribution in [3.05, 3.63) is 51.9 Å². The van der Waals surface area contributed by atoms with Crippen molar-refractivity contribution < 1.29 is 32.1 Å². The van der Waals surface area contributed by atoms with E-state index >= 15 is 4.39 Å². The highest BCUT2D eigenvalue weighted by Gasteiger charge is 2.40. The number of nitrogen functional groups attached to an aromatic ring is 2. The third-order valence-electron chi connectivity index (χ3n) is 8.00. The molecule has 1 saturated carbocycles. The molecule has 3 aromatic heterocycles. The van der Waals surface area contributed by atoms with Crippen molar-refractivity contribution in [2.75, 3.05) is 36.1 Å². The predicted octanol–water partition coefficient (Wildman–Crippen LogP) is 5.48. The molecule has 1 aliphatic heterocycles. The maximum absolute atomic E-state index is 16.7. The van der Waals surface area contributed by atoms with Crippen molar-refractivity contribution in [3.63, 3.8) is 0 Å². The standard InChI is InChI=1S/C29H28ClF4N7O3/c1-12-8-17(35)38-23(20(12)29(32,33)34)18-21(30)25-19-24(22(18)31)39-28(44-11-14-9-15(42)10-14)40-27(19)41(6-7-43-25)13(2)16-4-3-5-37-26(16)36/h3-5,8,13-15,42H,6-7,9-11H2,1-2H3,(H2,35,38)(H2,36,37)/t13-,14?,15?/m0/s1. The second-order valence-corrected chi connectivity index (χ2v) is 11.3. The average molecular weight is 634 g/mol. The van der Waals surface area contributed by atoms with Gasteiger partial charge < -0.3 is 30.9 Å². The number of aliphatic hydroxyl groups excluding tert-OH is 1. The first-order valence-electron chi connectivity index (χ1n) is 13.8. The Balaban J connectivity index is 1.61. The zero-order valence-electron chi connectivity index (χ0n) is 23.6. The number of hydrogen-bond donors (Lipinski definition) is 3. The minimum Gasteiger partial charge on any atom is -0.489 e. The summed E-state index contributed by atoms with van der Waals surface area (Å²) in [6, 6.07) is 3.90. The second kappa shape index (κ2) is 11.1. The summed E-state index contributed by atoms with van der Waals surface area (Å²) in [5.74, 6) is -1.04. The highest BCUT2D eigenvalue weighted by atomic mass is 35.5.